The Balaban J connectivity index is 1.49. The van der Waals surface area contributed by atoms with Gasteiger partial charge in [-0.05, 0) is 67.9 Å². The average molecular weight is 329 g/mol. The van der Waals surface area contributed by atoms with Crippen LogP contribution < -0.4 is 5.32 Å². The van der Waals surface area contributed by atoms with Crippen LogP contribution in [-0.2, 0) is 24.7 Å². The number of carbonyl (C=O) groups is 1. The maximum absolute atomic E-state index is 13.2. The van der Waals surface area contributed by atoms with Crippen LogP contribution in [0.3, 0.4) is 0 Å². The molecule has 0 spiro atoms. The highest BCUT2D eigenvalue weighted by Gasteiger charge is 2.49. The van der Waals surface area contributed by atoms with Gasteiger partial charge < -0.3 is 5.32 Å². The van der Waals surface area contributed by atoms with E-state index in [2.05, 4.69) is 10.4 Å². The molecule has 2 aromatic rings. The number of halogens is 1. The zero-order valence-electron chi connectivity index (χ0n) is 14.3. The summed E-state index contributed by atoms with van der Waals surface area (Å²) in [5, 5.41) is 7.22. The first-order chi connectivity index (χ1) is 11.5. The van der Waals surface area contributed by atoms with E-state index in [0.717, 1.165) is 36.8 Å². The van der Waals surface area contributed by atoms with Gasteiger partial charge in [-0.15, -0.1) is 0 Å². The van der Waals surface area contributed by atoms with Gasteiger partial charge in [0.25, 0.3) is 0 Å². The van der Waals surface area contributed by atoms with Gasteiger partial charge in [0.15, 0.2) is 0 Å². The van der Waals surface area contributed by atoms with E-state index in [9.17, 15) is 9.18 Å². The van der Waals surface area contributed by atoms with Crippen molar-refractivity contribution in [2.75, 3.05) is 6.54 Å². The van der Waals surface area contributed by atoms with Crippen molar-refractivity contribution in [1.82, 2.24) is 15.1 Å². The minimum atomic E-state index is -0.281. The summed E-state index contributed by atoms with van der Waals surface area (Å²) in [4.78, 5) is 12.5. The predicted molar refractivity (Wildman–Crippen MR) is 91.0 cm³/mol. The lowest BCUT2D eigenvalue weighted by atomic mass is 9.92. The molecule has 1 heterocycles. The molecule has 0 unspecified atom stereocenters. The van der Waals surface area contributed by atoms with Crippen LogP contribution in [0.15, 0.2) is 30.6 Å². The number of rotatable bonds is 7. The van der Waals surface area contributed by atoms with Gasteiger partial charge in [-0.25, -0.2) is 4.39 Å². The molecule has 1 aromatic heterocycles. The van der Waals surface area contributed by atoms with Gasteiger partial charge in [0.2, 0.25) is 5.91 Å². The van der Waals surface area contributed by atoms with Gasteiger partial charge in [0.05, 0.1) is 11.6 Å². The zero-order valence-corrected chi connectivity index (χ0v) is 14.3. The van der Waals surface area contributed by atoms with Crippen molar-refractivity contribution in [3.63, 3.8) is 0 Å². The normalized spacial score (nSPS) is 15.3. The zero-order chi connectivity index (χ0) is 17.2. The van der Waals surface area contributed by atoms with E-state index >= 15 is 0 Å². The average Bonchev–Trinajstić information content (AvgIpc) is 3.21. The summed E-state index contributed by atoms with van der Waals surface area (Å²) in [5.74, 6) is -0.0849. The number of aromatic nitrogens is 2. The molecular weight excluding hydrogens is 305 g/mol. The van der Waals surface area contributed by atoms with Crippen molar-refractivity contribution in [3.05, 3.63) is 53.1 Å². The van der Waals surface area contributed by atoms with Crippen molar-refractivity contribution in [2.24, 2.45) is 12.5 Å². The van der Waals surface area contributed by atoms with Crippen LogP contribution in [0.1, 0.15) is 36.0 Å². The third kappa shape index (κ3) is 3.83. The number of hydrogen-bond acceptors (Lipinski definition) is 2. The molecule has 5 heteroatoms. The Morgan fingerprint density at radius 1 is 1.42 bits per heavy atom. The highest BCUT2D eigenvalue weighted by atomic mass is 19.1. The molecule has 3 rings (SSSR count). The molecule has 0 saturated heterocycles. The Bertz CT molecular complexity index is 734. The third-order valence-corrected chi connectivity index (χ3v) is 4.85. The number of benzene rings is 1. The van der Waals surface area contributed by atoms with Crippen molar-refractivity contribution in [1.29, 1.82) is 0 Å². The number of nitrogens with one attached hydrogen (secondary N) is 1. The number of amides is 1. The van der Waals surface area contributed by atoms with Crippen LogP contribution >= 0.6 is 0 Å². The maximum atomic E-state index is 13.2. The summed E-state index contributed by atoms with van der Waals surface area (Å²) in [6, 6.07) is 4.82. The molecule has 1 N–H and O–H groups in total. The summed E-state index contributed by atoms with van der Waals surface area (Å²) < 4.78 is 15.0. The minimum absolute atomic E-state index is 0.136. The summed E-state index contributed by atoms with van der Waals surface area (Å²) in [5.41, 5.74) is 2.90. The van der Waals surface area contributed by atoms with E-state index in [0.29, 0.717) is 13.0 Å². The SMILES string of the molecule is Cc1cc(F)ccc1CC1(C(=O)NCCCc2cnn(C)c2)CC1. The van der Waals surface area contributed by atoms with E-state index in [-0.39, 0.29) is 17.1 Å². The van der Waals surface area contributed by atoms with Gasteiger partial charge in [-0.2, -0.15) is 5.10 Å². The van der Waals surface area contributed by atoms with Gasteiger partial charge in [0.1, 0.15) is 5.82 Å². The summed E-state index contributed by atoms with van der Waals surface area (Å²) in [6.07, 6.45) is 8.22. The Labute approximate surface area is 142 Å². The molecule has 1 aliphatic rings. The summed E-state index contributed by atoms with van der Waals surface area (Å²) in [7, 11) is 1.90. The second-order valence-corrected chi connectivity index (χ2v) is 6.91. The molecule has 1 aromatic carbocycles. The van der Waals surface area contributed by atoms with E-state index in [1.54, 1.807) is 10.7 Å². The first-order valence-corrected chi connectivity index (χ1v) is 8.49. The number of hydrogen-bond donors (Lipinski definition) is 1. The monoisotopic (exact) mass is 329 g/mol. The number of nitrogens with zero attached hydrogens (tertiary/aromatic N) is 2. The van der Waals surface area contributed by atoms with Crippen LogP contribution in [0.25, 0.3) is 0 Å². The van der Waals surface area contributed by atoms with Crippen LogP contribution in [0.2, 0.25) is 0 Å². The largest absolute Gasteiger partial charge is 0.356 e. The van der Waals surface area contributed by atoms with E-state index in [1.165, 1.54) is 17.7 Å². The van der Waals surface area contributed by atoms with Crippen molar-refractivity contribution >= 4 is 5.91 Å². The first-order valence-electron chi connectivity index (χ1n) is 8.49. The van der Waals surface area contributed by atoms with E-state index < -0.39 is 0 Å². The topological polar surface area (TPSA) is 46.9 Å². The molecule has 1 amide bonds. The molecule has 24 heavy (non-hydrogen) atoms. The maximum Gasteiger partial charge on any atom is 0.226 e. The van der Waals surface area contributed by atoms with Gasteiger partial charge in [0, 0.05) is 19.8 Å². The molecule has 4 nitrogen and oxygen atoms in total. The van der Waals surface area contributed by atoms with Crippen molar-refractivity contribution in [3.8, 4) is 0 Å². The van der Waals surface area contributed by atoms with Gasteiger partial charge in [-0.1, -0.05) is 6.07 Å². The van der Waals surface area contributed by atoms with Crippen LogP contribution in [-0.4, -0.2) is 22.2 Å². The second kappa shape index (κ2) is 6.75. The van der Waals surface area contributed by atoms with E-state index in [4.69, 9.17) is 0 Å². The Morgan fingerprint density at radius 3 is 2.83 bits per heavy atom. The Morgan fingerprint density at radius 2 is 2.21 bits per heavy atom. The first kappa shape index (κ1) is 16.7. The molecule has 128 valence electrons. The smallest absolute Gasteiger partial charge is 0.226 e. The third-order valence-electron chi connectivity index (χ3n) is 4.85. The fraction of sp³-hybridized carbons (Fsp3) is 0.474. The molecule has 0 bridgehead atoms. The van der Waals surface area contributed by atoms with Gasteiger partial charge in [-0.3, -0.25) is 9.48 Å². The van der Waals surface area contributed by atoms with Crippen molar-refractivity contribution in [2.45, 2.75) is 39.0 Å². The molecule has 0 radical (unpaired) electrons. The molecule has 1 saturated carbocycles. The highest BCUT2D eigenvalue weighted by molar-refractivity contribution is 5.85. The molecular formula is C19H24FN3O. The van der Waals surface area contributed by atoms with Crippen molar-refractivity contribution < 1.29 is 9.18 Å². The van der Waals surface area contributed by atoms with Gasteiger partial charge >= 0.3 is 0 Å². The fourth-order valence-electron chi connectivity index (χ4n) is 3.14. The Hall–Kier alpha value is -2.17. The minimum Gasteiger partial charge on any atom is -0.356 e. The number of carbonyl (C=O) groups excluding carboxylic acids is 1. The Kier molecular flexibility index (Phi) is 4.69. The fourth-order valence-corrected chi connectivity index (χ4v) is 3.14. The van der Waals surface area contributed by atoms with E-state index in [1.807, 2.05) is 26.4 Å². The number of aryl methyl sites for hydroxylation is 3. The lowest BCUT2D eigenvalue weighted by molar-refractivity contribution is -0.126. The molecule has 0 atom stereocenters. The standard InChI is InChI=1S/C19H24FN3O/c1-14-10-17(20)6-5-16(14)11-19(7-8-19)18(24)21-9-3-4-15-12-22-23(2)13-15/h5-6,10,12-13H,3-4,7-9,11H2,1-2H3,(H,21,24). The summed E-state index contributed by atoms with van der Waals surface area (Å²) >= 11 is 0. The van der Waals surface area contributed by atoms with Crippen LogP contribution in [0.5, 0.6) is 0 Å². The molecule has 0 aliphatic heterocycles. The molecule has 1 aliphatic carbocycles. The molecule has 1 fully saturated rings. The highest BCUT2D eigenvalue weighted by Crippen LogP contribution is 2.49. The lowest BCUT2D eigenvalue weighted by Gasteiger charge is -2.16. The second-order valence-electron chi connectivity index (χ2n) is 6.91. The van der Waals surface area contributed by atoms with Crippen LogP contribution in [0, 0.1) is 18.2 Å². The lowest BCUT2D eigenvalue weighted by Crippen LogP contribution is -2.34. The van der Waals surface area contributed by atoms with Crippen LogP contribution in [0.4, 0.5) is 4.39 Å². The predicted octanol–water partition coefficient (Wildman–Crippen LogP) is 2.94. The quantitative estimate of drug-likeness (QED) is 0.794. The summed E-state index contributed by atoms with van der Waals surface area (Å²) in [6.45, 7) is 2.58.